The molecular formula is C16H32O2Si. The molecule has 0 N–H and O–H groups in total. The van der Waals surface area contributed by atoms with E-state index < -0.39 is 8.32 Å². The van der Waals surface area contributed by atoms with Gasteiger partial charge in [0, 0.05) is 5.57 Å². The molecule has 0 aromatic carbocycles. The summed E-state index contributed by atoms with van der Waals surface area (Å²) in [6.07, 6.45) is 1.04. The van der Waals surface area contributed by atoms with Crippen molar-refractivity contribution in [1.29, 1.82) is 0 Å². The lowest BCUT2D eigenvalue weighted by Crippen LogP contribution is -2.53. The first-order chi connectivity index (χ1) is 8.50. The summed E-state index contributed by atoms with van der Waals surface area (Å²) in [5.41, 5.74) is 0.918. The Morgan fingerprint density at radius 3 is 2.00 bits per heavy atom. The van der Waals surface area contributed by atoms with Gasteiger partial charge in [-0.2, -0.15) is 0 Å². The molecule has 1 unspecified atom stereocenters. The van der Waals surface area contributed by atoms with E-state index in [-0.39, 0.29) is 11.0 Å². The zero-order valence-corrected chi connectivity index (χ0v) is 15.1. The summed E-state index contributed by atoms with van der Waals surface area (Å²) in [4.78, 5) is 12.1. The van der Waals surface area contributed by atoms with Gasteiger partial charge in [0.15, 0.2) is 0 Å². The van der Waals surface area contributed by atoms with Crippen molar-refractivity contribution >= 4 is 14.3 Å². The first-order valence-electron chi connectivity index (χ1n) is 7.39. The number of carbonyl (C=O) groups excluding carboxylic acids is 1. The molecule has 0 spiro atoms. The highest BCUT2D eigenvalue weighted by Gasteiger charge is 2.53. The molecule has 0 aromatic rings. The van der Waals surface area contributed by atoms with Crippen LogP contribution in [0.25, 0.3) is 0 Å². The third-order valence-electron chi connectivity index (χ3n) is 4.30. The van der Waals surface area contributed by atoms with Crippen molar-refractivity contribution in [3.63, 3.8) is 0 Å². The molecular weight excluding hydrogens is 252 g/mol. The second kappa shape index (κ2) is 6.73. The minimum absolute atomic E-state index is 0.0799. The van der Waals surface area contributed by atoms with E-state index in [9.17, 15) is 4.79 Å². The predicted octanol–water partition coefficient (Wildman–Crippen LogP) is 5.31. The monoisotopic (exact) mass is 284 g/mol. The summed E-state index contributed by atoms with van der Waals surface area (Å²) in [5.74, 6) is 0.334. The van der Waals surface area contributed by atoms with Gasteiger partial charge in [-0.1, -0.05) is 61.5 Å². The quantitative estimate of drug-likeness (QED) is 0.468. The van der Waals surface area contributed by atoms with Gasteiger partial charge in [-0.05, 0) is 29.5 Å². The highest BCUT2D eigenvalue weighted by atomic mass is 28.4. The van der Waals surface area contributed by atoms with Crippen molar-refractivity contribution in [2.75, 3.05) is 0 Å². The van der Waals surface area contributed by atoms with Gasteiger partial charge in [0.25, 0.3) is 8.32 Å². The average Bonchev–Trinajstić information content (AvgIpc) is 2.26. The van der Waals surface area contributed by atoms with Crippen molar-refractivity contribution < 1.29 is 9.22 Å². The van der Waals surface area contributed by atoms with Gasteiger partial charge in [0.05, 0.1) is 0 Å². The van der Waals surface area contributed by atoms with E-state index in [0.717, 1.165) is 12.5 Å². The molecule has 2 nitrogen and oxygen atoms in total. The van der Waals surface area contributed by atoms with Gasteiger partial charge in [-0.25, -0.2) is 4.79 Å². The fourth-order valence-corrected chi connectivity index (χ4v) is 8.25. The maximum atomic E-state index is 12.1. The van der Waals surface area contributed by atoms with Crippen molar-refractivity contribution in [3.05, 3.63) is 12.2 Å². The number of hydrogen-bond donors (Lipinski definition) is 0. The van der Waals surface area contributed by atoms with Crippen LogP contribution in [0, 0.1) is 5.92 Å². The van der Waals surface area contributed by atoms with Crippen LogP contribution in [0.5, 0.6) is 0 Å². The Hall–Kier alpha value is -0.573. The maximum absolute atomic E-state index is 12.1. The summed E-state index contributed by atoms with van der Waals surface area (Å²) >= 11 is 0. The van der Waals surface area contributed by atoms with Crippen molar-refractivity contribution in [2.45, 2.75) is 78.4 Å². The van der Waals surface area contributed by atoms with E-state index >= 15 is 0 Å². The van der Waals surface area contributed by atoms with E-state index in [1.54, 1.807) is 6.92 Å². The third kappa shape index (κ3) is 4.20. The molecule has 19 heavy (non-hydrogen) atoms. The van der Waals surface area contributed by atoms with Crippen LogP contribution >= 0.6 is 0 Å². The molecule has 3 heteroatoms. The molecule has 0 aliphatic carbocycles. The van der Waals surface area contributed by atoms with E-state index in [2.05, 4.69) is 55.0 Å². The Morgan fingerprint density at radius 2 is 1.74 bits per heavy atom. The van der Waals surface area contributed by atoms with Gasteiger partial charge >= 0.3 is 5.97 Å². The second-order valence-corrected chi connectivity index (χ2v) is 11.9. The molecule has 0 aliphatic rings. The standard InChI is InChI=1S/C16H32O2Si/c1-10-16(8,9)19(14(6)7,11-12(2)3)18-15(17)13(4)5/h12,14H,4,10-11H2,1-3,5-9H3. The summed E-state index contributed by atoms with van der Waals surface area (Å²) in [5, 5.41) is 0.0799. The largest absolute Gasteiger partial charge is 0.515 e. The Morgan fingerprint density at radius 1 is 1.26 bits per heavy atom. The first-order valence-corrected chi connectivity index (χ1v) is 9.58. The predicted molar refractivity (Wildman–Crippen MR) is 85.7 cm³/mol. The lowest BCUT2D eigenvalue weighted by Gasteiger charge is -2.47. The molecule has 0 heterocycles. The first kappa shape index (κ1) is 18.4. The number of hydrogen-bond acceptors (Lipinski definition) is 2. The molecule has 0 radical (unpaired) electrons. The smallest absolute Gasteiger partial charge is 0.319 e. The molecule has 0 saturated carbocycles. The second-order valence-electron chi connectivity index (χ2n) is 7.05. The summed E-state index contributed by atoms with van der Waals surface area (Å²) in [7, 11) is -2.20. The van der Waals surface area contributed by atoms with E-state index in [1.807, 2.05) is 0 Å². The van der Waals surface area contributed by atoms with Crippen molar-refractivity contribution in [3.8, 4) is 0 Å². The lowest BCUT2D eigenvalue weighted by molar-refractivity contribution is -0.131. The zero-order chi connectivity index (χ0) is 15.4. The highest BCUT2D eigenvalue weighted by Crippen LogP contribution is 2.50. The topological polar surface area (TPSA) is 26.3 Å². The fourth-order valence-electron chi connectivity index (χ4n) is 2.75. The Labute approximate surface area is 120 Å². The Balaban J connectivity index is 5.64. The summed E-state index contributed by atoms with van der Waals surface area (Å²) in [6, 6.07) is 1.02. The highest BCUT2D eigenvalue weighted by molar-refractivity contribution is 6.79. The van der Waals surface area contributed by atoms with Crippen LogP contribution in [0.15, 0.2) is 12.2 Å². The van der Waals surface area contributed by atoms with Gasteiger partial charge in [0.1, 0.15) is 0 Å². The zero-order valence-electron chi connectivity index (χ0n) is 14.1. The third-order valence-corrected chi connectivity index (χ3v) is 10.8. The molecule has 0 fully saturated rings. The van der Waals surface area contributed by atoms with Gasteiger partial charge in [-0.15, -0.1) is 0 Å². The van der Waals surface area contributed by atoms with Gasteiger partial charge in [-0.3, -0.25) is 0 Å². The van der Waals surface area contributed by atoms with Gasteiger partial charge in [0.2, 0.25) is 0 Å². The Kier molecular flexibility index (Phi) is 6.53. The molecule has 0 rings (SSSR count). The van der Waals surface area contributed by atoms with Crippen LogP contribution in [0.3, 0.4) is 0 Å². The molecule has 0 bridgehead atoms. The molecule has 112 valence electrons. The number of carbonyl (C=O) groups is 1. The van der Waals surface area contributed by atoms with Crippen LogP contribution in [0.2, 0.25) is 16.6 Å². The number of rotatable bonds is 7. The molecule has 0 aliphatic heterocycles. The van der Waals surface area contributed by atoms with Crippen LogP contribution in [-0.2, 0) is 9.22 Å². The molecule has 0 saturated heterocycles. The molecule has 0 aromatic heterocycles. The Bertz CT molecular complexity index is 332. The minimum atomic E-state index is -2.20. The van der Waals surface area contributed by atoms with Gasteiger partial charge < -0.3 is 4.43 Å². The van der Waals surface area contributed by atoms with E-state index in [0.29, 0.717) is 17.0 Å². The molecule has 1 atom stereocenters. The normalized spacial score (nSPS) is 15.5. The van der Waals surface area contributed by atoms with Crippen LogP contribution in [0.4, 0.5) is 0 Å². The van der Waals surface area contributed by atoms with Crippen LogP contribution in [-0.4, -0.2) is 14.3 Å². The lowest BCUT2D eigenvalue weighted by atomic mass is 10.1. The molecule has 0 amide bonds. The SMILES string of the molecule is C=C(C)C(=O)O[Si](CC(C)C)(C(C)C)C(C)(C)CC. The van der Waals surface area contributed by atoms with E-state index in [4.69, 9.17) is 4.43 Å². The van der Waals surface area contributed by atoms with Crippen LogP contribution < -0.4 is 0 Å². The van der Waals surface area contributed by atoms with Crippen molar-refractivity contribution in [2.24, 2.45) is 5.92 Å². The maximum Gasteiger partial charge on any atom is 0.319 e. The van der Waals surface area contributed by atoms with Crippen LogP contribution in [0.1, 0.15) is 61.8 Å². The van der Waals surface area contributed by atoms with E-state index in [1.165, 1.54) is 0 Å². The average molecular weight is 285 g/mol. The summed E-state index contributed by atoms with van der Waals surface area (Å²) < 4.78 is 6.13. The minimum Gasteiger partial charge on any atom is -0.515 e. The summed E-state index contributed by atoms with van der Waals surface area (Å²) in [6.45, 7) is 21.0. The van der Waals surface area contributed by atoms with Crippen molar-refractivity contribution in [1.82, 2.24) is 0 Å². The fraction of sp³-hybridized carbons (Fsp3) is 0.812.